The third kappa shape index (κ3) is 14.7. The first-order chi connectivity index (χ1) is 41.3. The molecular formula is C60H74BBrN16O8. The van der Waals surface area contributed by atoms with Crippen LogP contribution in [0.15, 0.2) is 132 Å². The minimum absolute atomic E-state index is 0.0205. The van der Waals surface area contributed by atoms with Crippen molar-refractivity contribution in [3.63, 3.8) is 0 Å². The molecule has 4 aliphatic heterocycles. The van der Waals surface area contributed by atoms with Crippen LogP contribution in [0.4, 0.5) is 44.8 Å². The molecule has 452 valence electrons. The van der Waals surface area contributed by atoms with Crippen molar-refractivity contribution in [2.75, 3.05) is 72.9 Å². The van der Waals surface area contributed by atoms with Crippen molar-refractivity contribution in [1.29, 1.82) is 0 Å². The third-order valence-corrected chi connectivity index (χ3v) is 15.4. The quantitative estimate of drug-likeness (QED) is 0.0625. The summed E-state index contributed by atoms with van der Waals surface area (Å²) in [5.41, 5.74) is 5.28. The maximum Gasteiger partial charge on any atom is 0.483 e. The van der Waals surface area contributed by atoms with E-state index in [1.807, 2.05) is 157 Å². The van der Waals surface area contributed by atoms with Gasteiger partial charge < -0.3 is 69.1 Å². The number of hydrogen-bond donors (Lipinski definition) is 6. The van der Waals surface area contributed by atoms with Crippen LogP contribution in [0.1, 0.15) is 85.8 Å². The van der Waals surface area contributed by atoms with E-state index in [2.05, 4.69) is 57.5 Å². The number of rotatable bonds is 12. The number of nitrogens with zero attached hydrogens (tertiary/aromatic N) is 14. The molecule has 0 bridgehead atoms. The molecule has 12 rings (SSSR count). The number of imidazole rings is 2. The highest BCUT2D eigenvalue weighted by Gasteiger charge is 2.31. The molecular weight excluding hydrogens is 1160 g/mol. The topological polar surface area (TPSA) is 267 Å². The van der Waals surface area contributed by atoms with Gasteiger partial charge in [0.15, 0.2) is 11.6 Å². The number of carbonyl (C=O) groups is 2. The van der Waals surface area contributed by atoms with Crippen LogP contribution in [0.25, 0.3) is 28.0 Å². The van der Waals surface area contributed by atoms with Crippen LogP contribution >= 0.6 is 15.9 Å². The van der Waals surface area contributed by atoms with Gasteiger partial charge in [0.05, 0.1) is 43.4 Å². The van der Waals surface area contributed by atoms with E-state index in [9.17, 15) is 19.8 Å². The van der Waals surface area contributed by atoms with E-state index in [0.29, 0.717) is 79.7 Å². The van der Waals surface area contributed by atoms with Crippen LogP contribution in [-0.2, 0) is 9.47 Å². The zero-order chi connectivity index (χ0) is 60.7. The summed E-state index contributed by atoms with van der Waals surface area (Å²) in [6.45, 7) is 14.7. The van der Waals surface area contributed by atoms with Gasteiger partial charge in [-0.25, -0.2) is 28.6 Å². The van der Waals surface area contributed by atoms with E-state index < -0.39 is 18.3 Å². The SMILES string of the molecule is CC(C)(C)OC(=O)N1CC=C(B(O)O)CC1.CC(C)(C)OC(=O)N1CC=C(c2ccc3c(Nc4cn(-c5ccccc5)cn4)nc(N4CCC[C@H]4CO)nn23)CC1.OC[C@@H]1CCCN1c1nc(Nc2cn(-c3ccccc3)cn2)c2ccc(Br)n2n1. The van der Waals surface area contributed by atoms with E-state index in [1.54, 1.807) is 23.6 Å². The maximum absolute atomic E-state index is 12.6. The van der Waals surface area contributed by atoms with Gasteiger partial charge >= 0.3 is 19.3 Å². The van der Waals surface area contributed by atoms with Gasteiger partial charge in [0.2, 0.25) is 11.9 Å². The van der Waals surface area contributed by atoms with Crippen LogP contribution < -0.4 is 20.4 Å². The molecule has 0 unspecified atom stereocenters. The fourth-order valence-corrected chi connectivity index (χ4v) is 10.9. The Morgan fingerprint density at radius 1 is 0.628 bits per heavy atom. The normalized spacial score (nSPS) is 17.2. The van der Waals surface area contributed by atoms with Crippen LogP contribution in [0, 0.1) is 0 Å². The van der Waals surface area contributed by atoms with Crippen LogP contribution in [0.3, 0.4) is 0 Å². The number of para-hydroxylation sites is 2. The molecule has 0 spiro atoms. The second-order valence-corrected chi connectivity index (χ2v) is 24.1. The molecule has 2 saturated heterocycles. The number of aliphatic hydroxyl groups is 2. The summed E-state index contributed by atoms with van der Waals surface area (Å²) >= 11 is 3.55. The number of hydrogen-bond acceptors (Lipinski definition) is 18. The predicted octanol–water partition coefficient (Wildman–Crippen LogP) is 8.59. The van der Waals surface area contributed by atoms with Gasteiger partial charge in [-0.05, 0) is 156 Å². The lowest BCUT2D eigenvalue weighted by Gasteiger charge is -2.29. The Labute approximate surface area is 507 Å². The second-order valence-electron chi connectivity index (χ2n) is 23.3. The fourth-order valence-electron chi connectivity index (χ4n) is 10.5. The molecule has 0 radical (unpaired) electrons. The first-order valence-electron chi connectivity index (χ1n) is 28.9. The lowest BCUT2D eigenvalue weighted by molar-refractivity contribution is 0.0257. The molecule has 2 amide bonds. The Hall–Kier alpha value is -8.30. The van der Waals surface area contributed by atoms with Crippen molar-refractivity contribution in [3.8, 4) is 11.4 Å². The second kappa shape index (κ2) is 26.5. The molecule has 0 saturated carbocycles. The van der Waals surface area contributed by atoms with E-state index in [1.165, 1.54) is 4.90 Å². The number of anilines is 6. The maximum atomic E-state index is 12.6. The monoisotopic (exact) mass is 1240 g/mol. The van der Waals surface area contributed by atoms with Crippen LogP contribution in [0.5, 0.6) is 0 Å². The van der Waals surface area contributed by atoms with Crippen molar-refractivity contribution < 1.29 is 39.3 Å². The van der Waals surface area contributed by atoms with Crippen molar-refractivity contribution in [2.24, 2.45) is 0 Å². The number of halogens is 1. The summed E-state index contributed by atoms with van der Waals surface area (Å²) in [5.74, 6) is 3.81. The molecule has 8 aromatic rings. The molecule has 2 fully saturated rings. The first kappa shape index (κ1) is 60.8. The number of benzene rings is 2. The van der Waals surface area contributed by atoms with Gasteiger partial charge in [-0.2, -0.15) is 9.97 Å². The number of ether oxygens (including phenoxy) is 2. The van der Waals surface area contributed by atoms with Gasteiger partial charge in [0.1, 0.15) is 51.1 Å². The van der Waals surface area contributed by atoms with Gasteiger partial charge in [-0.3, -0.25) is 0 Å². The average Bonchev–Trinajstić information content (AvgIpc) is 3.24. The Balaban J connectivity index is 0.000000158. The van der Waals surface area contributed by atoms with E-state index in [-0.39, 0.29) is 37.5 Å². The largest absolute Gasteiger partial charge is 0.483 e. The van der Waals surface area contributed by atoms with Crippen molar-refractivity contribution in [3.05, 3.63) is 138 Å². The van der Waals surface area contributed by atoms with Crippen molar-refractivity contribution in [2.45, 2.75) is 103 Å². The molecule has 26 heteroatoms. The smallest absolute Gasteiger partial charge is 0.444 e. The number of amides is 2. The number of aliphatic hydroxyl groups excluding tert-OH is 2. The highest BCUT2D eigenvalue weighted by Crippen LogP contribution is 2.33. The first-order valence-corrected chi connectivity index (χ1v) is 29.7. The molecule has 10 heterocycles. The number of aromatic nitrogens is 10. The van der Waals surface area contributed by atoms with E-state index >= 15 is 0 Å². The van der Waals surface area contributed by atoms with Gasteiger partial charge in [0, 0.05) is 50.6 Å². The summed E-state index contributed by atoms with van der Waals surface area (Å²) in [5, 5.41) is 54.0. The molecule has 24 nitrogen and oxygen atoms in total. The lowest BCUT2D eigenvalue weighted by Crippen LogP contribution is -2.40. The summed E-state index contributed by atoms with van der Waals surface area (Å²) in [6.07, 6.45) is 15.4. The van der Waals surface area contributed by atoms with E-state index in [0.717, 1.165) is 77.1 Å². The zero-order valence-corrected chi connectivity index (χ0v) is 50.8. The molecule has 2 atom stereocenters. The molecule has 2 aromatic carbocycles. The minimum Gasteiger partial charge on any atom is -0.444 e. The van der Waals surface area contributed by atoms with Crippen LogP contribution in [0.2, 0.25) is 0 Å². The average molecular weight is 1240 g/mol. The Bertz CT molecular complexity index is 3690. The number of nitrogens with one attached hydrogen (secondary N) is 2. The number of fused-ring (bicyclic) bond motifs is 2. The summed E-state index contributed by atoms with van der Waals surface area (Å²) in [4.78, 5) is 50.4. The molecule has 6 aromatic heterocycles. The van der Waals surface area contributed by atoms with E-state index in [4.69, 9.17) is 34.6 Å². The zero-order valence-electron chi connectivity index (χ0n) is 49.2. The molecule has 0 aliphatic carbocycles. The summed E-state index contributed by atoms with van der Waals surface area (Å²) in [7, 11) is -1.42. The third-order valence-electron chi connectivity index (χ3n) is 14.8. The lowest BCUT2D eigenvalue weighted by atomic mass is 9.76. The highest BCUT2D eigenvalue weighted by atomic mass is 79.9. The summed E-state index contributed by atoms with van der Waals surface area (Å²) in [6, 6.07) is 28.0. The Kier molecular flexibility index (Phi) is 18.8. The molecule has 4 aliphatic rings. The van der Waals surface area contributed by atoms with Gasteiger partial charge in [-0.15, -0.1) is 10.2 Å². The number of carbonyl (C=O) groups excluding carboxylic acids is 2. The van der Waals surface area contributed by atoms with Crippen molar-refractivity contribution >= 4 is 87.0 Å². The van der Waals surface area contributed by atoms with Gasteiger partial charge in [-0.1, -0.05) is 48.6 Å². The van der Waals surface area contributed by atoms with Gasteiger partial charge in [0.25, 0.3) is 0 Å². The Morgan fingerprint density at radius 2 is 1.10 bits per heavy atom. The highest BCUT2D eigenvalue weighted by molar-refractivity contribution is 9.10. The minimum atomic E-state index is -1.42. The predicted molar refractivity (Wildman–Crippen MR) is 333 cm³/mol. The molecule has 6 N–H and O–H groups in total. The Morgan fingerprint density at radius 3 is 1.56 bits per heavy atom. The molecule has 86 heavy (non-hydrogen) atoms. The fraction of sp³-hybridized carbons (Fsp3) is 0.400. The van der Waals surface area contributed by atoms with Crippen LogP contribution in [-0.4, -0.2) is 173 Å². The van der Waals surface area contributed by atoms with Crippen molar-refractivity contribution in [1.82, 2.24) is 58.1 Å². The summed E-state index contributed by atoms with van der Waals surface area (Å²) < 4.78 is 19.2. The standard InChI is InChI=1S/C30H36N8O3.C20H20BrN7O.C10H18BNO4/c1-30(2,3)41-29(40)35-16-13-21(14-17-35)24-11-12-25-27(32-26-18-36(20-31-26)22-8-5-4-6-9-22)33-28(34-38(24)25)37-15-7-10-23(37)19-39;21-17-9-8-16-19(23-18-11-26(13-22-18)14-5-2-1-3-6-14)24-20(25-28(16)17)27-10-4-7-15(27)12-29;1-10(2,3)16-9(13)12-6-4-8(5-7-12)11(14)15/h4-6,8-9,11-13,18,20,23,39H,7,10,14-17,19H2,1-3H3,(H,32,33,34);1-3,5-6,8-9,11,13,15,29H,4,7,10,12H2,(H,23,24,25);4,14-15H,5-7H2,1-3H3/t23-;15-;/m00./s1.